The van der Waals surface area contributed by atoms with Crippen molar-refractivity contribution in [1.29, 1.82) is 0 Å². The standard InChI is InChI=1S/C9H18N2O/c1-7(9-3-2-4-12-9)11-8-5-10-6-8/h7-11H,2-6H2,1H3. The second kappa shape index (κ2) is 3.73. The second-order valence-electron chi connectivity index (χ2n) is 3.86. The Hall–Kier alpha value is -0.120. The number of rotatable bonds is 3. The molecule has 0 radical (unpaired) electrons. The molecule has 0 bridgehead atoms. The summed E-state index contributed by atoms with van der Waals surface area (Å²) >= 11 is 0. The lowest BCUT2D eigenvalue weighted by atomic mass is 10.1. The molecule has 2 fully saturated rings. The lowest BCUT2D eigenvalue weighted by molar-refractivity contribution is 0.0767. The average Bonchev–Trinajstić information content (AvgIpc) is 2.47. The lowest BCUT2D eigenvalue weighted by Crippen LogP contribution is -2.59. The summed E-state index contributed by atoms with van der Waals surface area (Å²) in [6, 6.07) is 1.21. The summed E-state index contributed by atoms with van der Waals surface area (Å²) < 4.78 is 5.60. The van der Waals surface area contributed by atoms with Gasteiger partial charge in [0.2, 0.25) is 0 Å². The summed E-state index contributed by atoms with van der Waals surface area (Å²) in [4.78, 5) is 0. The van der Waals surface area contributed by atoms with Gasteiger partial charge in [-0.2, -0.15) is 0 Å². The fourth-order valence-corrected chi connectivity index (χ4v) is 1.88. The topological polar surface area (TPSA) is 33.3 Å². The monoisotopic (exact) mass is 170 g/mol. The summed E-state index contributed by atoms with van der Waals surface area (Å²) in [5, 5.41) is 6.82. The molecule has 0 aromatic rings. The molecule has 2 unspecified atom stereocenters. The Morgan fingerprint density at radius 3 is 2.83 bits per heavy atom. The van der Waals surface area contributed by atoms with Gasteiger partial charge in [0, 0.05) is 31.8 Å². The smallest absolute Gasteiger partial charge is 0.0726 e. The van der Waals surface area contributed by atoms with Crippen LogP contribution >= 0.6 is 0 Å². The summed E-state index contributed by atoms with van der Waals surface area (Å²) in [7, 11) is 0. The van der Waals surface area contributed by atoms with Crippen LogP contribution in [-0.2, 0) is 4.74 Å². The molecule has 12 heavy (non-hydrogen) atoms. The quantitative estimate of drug-likeness (QED) is 0.631. The number of hydrogen-bond acceptors (Lipinski definition) is 3. The predicted molar refractivity (Wildman–Crippen MR) is 48.2 cm³/mol. The van der Waals surface area contributed by atoms with Gasteiger partial charge >= 0.3 is 0 Å². The lowest BCUT2D eigenvalue weighted by Gasteiger charge is -2.33. The summed E-state index contributed by atoms with van der Waals surface area (Å²) in [5.41, 5.74) is 0. The van der Waals surface area contributed by atoms with Crippen LogP contribution in [0.5, 0.6) is 0 Å². The maximum absolute atomic E-state index is 5.60. The van der Waals surface area contributed by atoms with Crippen LogP contribution in [0.2, 0.25) is 0 Å². The van der Waals surface area contributed by atoms with Crippen LogP contribution in [0.15, 0.2) is 0 Å². The molecule has 3 heteroatoms. The Bertz CT molecular complexity index is 141. The second-order valence-corrected chi connectivity index (χ2v) is 3.86. The molecule has 2 aliphatic heterocycles. The normalized spacial score (nSPS) is 33.2. The number of nitrogens with one attached hydrogen (secondary N) is 2. The highest BCUT2D eigenvalue weighted by molar-refractivity contribution is 4.87. The van der Waals surface area contributed by atoms with Gasteiger partial charge in [-0.1, -0.05) is 0 Å². The van der Waals surface area contributed by atoms with Crippen molar-refractivity contribution < 1.29 is 4.74 Å². The third-order valence-corrected chi connectivity index (χ3v) is 2.80. The Labute approximate surface area is 73.9 Å². The van der Waals surface area contributed by atoms with Gasteiger partial charge in [-0.25, -0.2) is 0 Å². The first-order valence-electron chi connectivity index (χ1n) is 4.94. The van der Waals surface area contributed by atoms with Crippen molar-refractivity contribution in [1.82, 2.24) is 10.6 Å². The fraction of sp³-hybridized carbons (Fsp3) is 1.00. The Morgan fingerprint density at radius 2 is 2.33 bits per heavy atom. The molecular weight excluding hydrogens is 152 g/mol. The third-order valence-electron chi connectivity index (χ3n) is 2.80. The molecule has 0 aliphatic carbocycles. The maximum Gasteiger partial charge on any atom is 0.0726 e. The van der Waals surface area contributed by atoms with Crippen molar-refractivity contribution in [3.63, 3.8) is 0 Å². The van der Waals surface area contributed by atoms with Gasteiger partial charge in [-0.3, -0.25) is 0 Å². The molecule has 2 aliphatic rings. The van der Waals surface area contributed by atoms with Crippen molar-refractivity contribution in [2.45, 2.75) is 38.0 Å². The minimum absolute atomic E-state index is 0.464. The molecule has 2 heterocycles. The molecule has 0 saturated carbocycles. The zero-order valence-electron chi connectivity index (χ0n) is 7.68. The molecule has 0 spiro atoms. The minimum Gasteiger partial charge on any atom is -0.377 e. The Balaban J connectivity index is 1.71. The largest absolute Gasteiger partial charge is 0.377 e. The van der Waals surface area contributed by atoms with Crippen LogP contribution in [0, 0.1) is 0 Å². The predicted octanol–water partition coefficient (Wildman–Crippen LogP) is 0.115. The van der Waals surface area contributed by atoms with Crippen LogP contribution in [0.25, 0.3) is 0 Å². The molecule has 2 rings (SSSR count). The van der Waals surface area contributed by atoms with E-state index in [1.165, 1.54) is 12.8 Å². The average molecular weight is 170 g/mol. The van der Waals surface area contributed by atoms with Crippen molar-refractivity contribution in [2.75, 3.05) is 19.7 Å². The highest BCUT2D eigenvalue weighted by Crippen LogP contribution is 2.15. The first kappa shape index (κ1) is 8.48. The number of hydrogen-bond donors (Lipinski definition) is 2. The first-order chi connectivity index (χ1) is 5.86. The summed E-state index contributed by atoms with van der Waals surface area (Å²) in [6.07, 6.45) is 2.93. The van der Waals surface area contributed by atoms with Crippen molar-refractivity contribution in [3.8, 4) is 0 Å². The highest BCUT2D eigenvalue weighted by Gasteiger charge is 2.26. The highest BCUT2D eigenvalue weighted by atomic mass is 16.5. The zero-order valence-corrected chi connectivity index (χ0v) is 7.68. The van der Waals surface area contributed by atoms with E-state index in [-0.39, 0.29) is 0 Å². The van der Waals surface area contributed by atoms with Gasteiger partial charge < -0.3 is 15.4 Å². The first-order valence-corrected chi connectivity index (χ1v) is 4.94. The molecule has 2 atom stereocenters. The van der Waals surface area contributed by atoms with E-state index in [0.29, 0.717) is 18.2 Å². The Kier molecular flexibility index (Phi) is 2.63. The van der Waals surface area contributed by atoms with Gasteiger partial charge in [0.05, 0.1) is 6.10 Å². The fourth-order valence-electron chi connectivity index (χ4n) is 1.88. The zero-order chi connectivity index (χ0) is 8.39. The molecule has 70 valence electrons. The van der Waals surface area contributed by atoms with E-state index in [1.54, 1.807) is 0 Å². The van der Waals surface area contributed by atoms with E-state index in [9.17, 15) is 0 Å². The van der Waals surface area contributed by atoms with E-state index < -0.39 is 0 Å². The molecule has 3 nitrogen and oxygen atoms in total. The van der Waals surface area contributed by atoms with E-state index in [0.717, 1.165) is 19.7 Å². The molecule has 2 N–H and O–H groups in total. The third kappa shape index (κ3) is 1.79. The maximum atomic E-state index is 5.60. The van der Waals surface area contributed by atoms with Gasteiger partial charge in [0.1, 0.15) is 0 Å². The van der Waals surface area contributed by atoms with E-state index in [1.807, 2.05) is 0 Å². The van der Waals surface area contributed by atoms with Gasteiger partial charge in [0.15, 0.2) is 0 Å². The molecule has 0 aromatic heterocycles. The van der Waals surface area contributed by atoms with Crippen molar-refractivity contribution in [2.24, 2.45) is 0 Å². The molecule has 0 aromatic carbocycles. The van der Waals surface area contributed by atoms with Crippen LogP contribution in [-0.4, -0.2) is 37.9 Å². The Morgan fingerprint density at radius 1 is 1.50 bits per heavy atom. The summed E-state index contributed by atoms with van der Waals surface area (Å²) in [5.74, 6) is 0. The SMILES string of the molecule is CC(NC1CNC1)C1CCCO1. The van der Waals surface area contributed by atoms with Crippen LogP contribution < -0.4 is 10.6 Å². The van der Waals surface area contributed by atoms with E-state index >= 15 is 0 Å². The minimum atomic E-state index is 0.464. The van der Waals surface area contributed by atoms with Gasteiger partial charge in [-0.15, -0.1) is 0 Å². The van der Waals surface area contributed by atoms with Crippen LogP contribution in [0.3, 0.4) is 0 Å². The van der Waals surface area contributed by atoms with Crippen LogP contribution in [0.4, 0.5) is 0 Å². The van der Waals surface area contributed by atoms with E-state index in [2.05, 4.69) is 17.6 Å². The molecule has 2 saturated heterocycles. The number of ether oxygens (including phenoxy) is 1. The van der Waals surface area contributed by atoms with Gasteiger partial charge in [0.25, 0.3) is 0 Å². The van der Waals surface area contributed by atoms with E-state index in [4.69, 9.17) is 4.74 Å². The molecule has 0 amide bonds. The van der Waals surface area contributed by atoms with Crippen LogP contribution in [0.1, 0.15) is 19.8 Å². The summed E-state index contributed by atoms with van der Waals surface area (Å²) in [6.45, 7) is 5.43. The molecular formula is C9H18N2O. The van der Waals surface area contributed by atoms with Gasteiger partial charge in [-0.05, 0) is 19.8 Å². The van der Waals surface area contributed by atoms with Crippen molar-refractivity contribution in [3.05, 3.63) is 0 Å². The van der Waals surface area contributed by atoms with Crippen molar-refractivity contribution >= 4 is 0 Å².